The van der Waals surface area contributed by atoms with Crippen molar-refractivity contribution in [2.75, 3.05) is 17.2 Å². The van der Waals surface area contributed by atoms with E-state index in [1.807, 2.05) is 19.9 Å². The zero-order chi connectivity index (χ0) is 18.0. The summed E-state index contributed by atoms with van der Waals surface area (Å²) in [6.45, 7) is 3.86. The van der Waals surface area contributed by atoms with Crippen molar-refractivity contribution in [3.63, 3.8) is 0 Å². The first-order chi connectivity index (χ1) is 11.9. The molecule has 2 amide bonds. The average molecular weight is 358 g/mol. The predicted octanol–water partition coefficient (Wildman–Crippen LogP) is 3.30. The third-order valence-corrected chi connectivity index (χ3v) is 4.78. The lowest BCUT2D eigenvalue weighted by atomic mass is 10.1. The van der Waals surface area contributed by atoms with E-state index in [0.29, 0.717) is 22.7 Å². The molecule has 1 aromatic heterocycles. The molecule has 0 fully saturated rings. The molecule has 7 heteroatoms. The molecule has 25 heavy (non-hydrogen) atoms. The Hall–Kier alpha value is -2.67. The lowest BCUT2D eigenvalue weighted by Crippen LogP contribution is -2.25. The Morgan fingerprint density at radius 1 is 1.24 bits per heavy atom. The lowest BCUT2D eigenvalue weighted by Gasteiger charge is -2.18. The van der Waals surface area contributed by atoms with Crippen molar-refractivity contribution in [3.05, 3.63) is 39.6 Å². The highest BCUT2D eigenvalue weighted by Crippen LogP contribution is 2.30. The number of hydrogen-bond donors (Lipinski definition) is 2. The lowest BCUT2D eigenvalue weighted by molar-refractivity contribution is -0.118. The number of Topliss-reactive ketones (excluding diaryl/α,β-unsaturated/α-hetero) is 1. The summed E-state index contributed by atoms with van der Waals surface area (Å²) in [5.74, 6) is 0.0585. The summed E-state index contributed by atoms with van der Waals surface area (Å²) in [5.41, 5.74) is 1.77. The number of thiophene rings is 1. The van der Waals surface area contributed by atoms with Gasteiger partial charge in [0, 0.05) is 33.8 Å². The largest absolute Gasteiger partial charge is 0.482 e. The van der Waals surface area contributed by atoms with Gasteiger partial charge in [-0.05, 0) is 38.1 Å². The molecule has 0 bridgehead atoms. The highest BCUT2D eigenvalue weighted by atomic mass is 32.1. The van der Waals surface area contributed by atoms with Crippen molar-refractivity contribution >= 4 is 40.3 Å². The number of amides is 2. The number of carbonyl (C=O) groups excluding carboxylic acids is 3. The number of aryl methyl sites for hydroxylation is 2. The maximum atomic E-state index is 12.2. The predicted molar refractivity (Wildman–Crippen MR) is 96.6 cm³/mol. The summed E-state index contributed by atoms with van der Waals surface area (Å²) in [5, 5.41) is 5.42. The van der Waals surface area contributed by atoms with E-state index in [0.717, 1.165) is 9.75 Å². The number of carbonyl (C=O) groups is 3. The van der Waals surface area contributed by atoms with Crippen molar-refractivity contribution in [1.82, 2.24) is 0 Å². The molecule has 1 aliphatic rings. The second-order valence-electron chi connectivity index (χ2n) is 5.85. The molecule has 6 nitrogen and oxygen atoms in total. The quantitative estimate of drug-likeness (QED) is 0.803. The number of nitrogens with one attached hydrogen (secondary N) is 2. The number of ketones is 1. The van der Waals surface area contributed by atoms with Crippen molar-refractivity contribution < 1.29 is 19.1 Å². The Balaban J connectivity index is 1.58. The number of hydrogen-bond acceptors (Lipinski definition) is 5. The fourth-order valence-corrected chi connectivity index (χ4v) is 3.60. The summed E-state index contributed by atoms with van der Waals surface area (Å²) < 4.78 is 5.27. The molecule has 2 heterocycles. The van der Waals surface area contributed by atoms with Crippen LogP contribution in [0.25, 0.3) is 0 Å². The van der Waals surface area contributed by atoms with Gasteiger partial charge in [0.2, 0.25) is 5.91 Å². The second kappa shape index (κ2) is 7.06. The van der Waals surface area contributed by atoms with Crippen molar-refractivity contribution in [3.8, 4) is 5.75 Å². The molecule has 0 radical (unpaired) electrons. The van der Waals surface area contributed by atoms with Gasteiger partial charge < -0.3 is 15.4 Å². The van der Waals surface area contributed by atoms with Gasteiger partial charge >= 0.3 is 0 Å². The van der Waals surface area contributed by atoms with Crippen LogP contribution in [0.15, 0.2) is 24.3 Å². The molecule has 3 rings (SSSR count). The zero-order valence-corrected chi connectivity index (χ0v) is 14.8. The Labute approximate surface area is 149 Å². The Kier molecular flexibility index (Phi) is 4.85. The standard InChI is InChI=1S/C18H18N2O4S/c1-10-7-13(11(2)25-10)15(21)4-6-17(22)19-12-3-5-16-14(8-12)20-18(23)9-24-16/h3,5,7-8H,4,6,9H2,1-2H3,(H,19,22)(H,20,23). The van der Waals surface area contributed by atoms with Gasteiger partial charge in [0.1, 0.15) is 5.75 Å². The minimum atomic E-state index is -0.249. The van der Waals surface area contributed by atoms with E-state index in [-0.39, 0.29) is 37.0 Å². The molecule has 0 unspecified atom stereocenters. The van der Waals surface area contributed by atoms with E-state index in [1.54, 1.807) is 29.5 Å². The summed E-state index contributed by atoms with van der Waals surface area (Å²) >= 11 is 1.58. The van der Waals surface area contributed by atoms with Crippen molar-refractivity contribution in [2.24, 2.45) is 0 Å². The molecule has 0 spiro atoms. The summed E-state index contributed by atoms with van der Waals surface area (Å²) in [6.07, 6.45) is 0.265. The molecule has 0 aliphatic carbocycles. The minimum absolute atomic E-state index is 0.0116. The van der Waals surface area contributed by atoms with Gasteiger partial charge in [-0.3, -0.25) is 14.4 Å². The van der Waals surface area contributed by atoms with Crippen LogP contribution in [0.3, 0.4) is 0 Å². The van der Waals surface area contributed by atoms with Crippen LogP contribution in [0.1, 0.15) is 33.0 Å². The van der Waals surface area contributed by atoms with Gasteiger partial charge in [0.15, 0.2) is 12.4 Å². The fourth-order valence-electron chi connectivity index (χ4n) is 2.65. The van der Waals surface area contributed by atoms with Gasteiger partial charge in [0.05, 0.1) is 5.69 Å². The maximum Gasteiger partial charge on any atom is 0.262 e. The second-order valence-corrected chi connectivity index (χ2v) is 7.31. The smallest absolute Gasteiger partial charge is 0.262 e. The van der Waals surface area contributed by atoms with Gasteiger partial charge in [0.25, 0.3) is 5.91 Å². The first kappa shape index (κ1) is 17.2. The molecular formula is C18H18N2O4S. The number of fused-ring (bicyclic) bond motifs is 1. The van der Waals surface area contributed by atoms with Crippen LogP contribution >= 0.6 is 11.3 Å². The summed E-state index contributed by atoms with van der Waals surface area (Å²) in [4.78, 5) is 37.7. The summed E-state index contributed by atoms with van der Waals surface area (Å²) in [6, 6.07) is 6.89. The number of benzene rings is 1. The van der Waals surface area contributed by atoms with Crippen LogP contribution in [-0.2, 0) is 9.59 Å². The molecule has 1 aliphatic heterocycles. The zero-order valence-electron chi connectivity index (χ0n) is 14.0. The van der Waals surface area contributed by atoms with Crippen LogP contribution < -0.4 is 15.4 Å². The van der Waals surface area contributed by atoms with Gasteiger partial charge in [-0.1, -0.05) is 0 Å². The van der Waals surface area contributed by atoms with Gasteiger partial charge in [-0.25, -0.2) is 0 Å². The molecule has 130 valence electrons. The van der Waals surface area contributed by atoms with Crippen LogP contribution in [0.2, 0.25) is 0 Å². The number of ether oxygens (including phenoxy) is 1. The normalized spacial score (nSPS) is 12.8. The first-order valence-electron chi connectivity index (χ1n) is 7.89. The van der Waals surface area contributed by atoms with E-state index >= 15 is 0 Å². The van der Waals surface area contributed by atoms with Crippen molar-refractivity contribution in [2.45, 2.75) is 26.7 Å². The van der Waals surface area contributed by atoms with Crippen molar-refractivity contribution in [1.29, 1.82) is 0 Å². The van der Waals surface area contributed by atoms with Crippen LogP contribution in [0, 0.1) is 13.8 Å². The Bertz CT molecular complexity index is 857. The molecule has 2 aromatic rings. The van der Waals surface area contributed by atoms with E-state index in [4.69, 9.17) is 4.74 Å². The third-order valence-electron chi connectivity index (χ3n) is 3.82. The Morgan fingerprint density at radius 2 is 2.04 bits per heavy atom. The van der Waals surface area contributed by atoms with E-state index in [9.17, 15) is 14.4 Å². The molecule has 2 N–H and O–H groups in total. The number of anilines is 2. The molecular weight excluding hydrogens is 340 g/mol. The van der Waals surface area contributed by atoms with E-state index < -0.39 is 0 Å². The fraction of sp³-hybridized carbons (Fsp3) is 0.278. The number of rotatable bonds is 5. The van der Waals surface area contributed by atoms with E-state index in [2.05, 4.69) is 10.6 Å². The van der Waals surface area contributed by atoms with Crippen LogP contribution in [0.4, 0.5) is 11.4 Å². The van der Waals surface area contributed by atoms with E-state index in [1.165, 1.54) is 0 Å². The maximum absolute atomic E-state index is 12.2. The van der Waals surface area contributed by atoms with Crippen LogP contribution in [-0.4, -0.2) is 24.2 Å². The highest BCUT2D eigenvalue weighted by Gasteiger charge is 2.17. The molecule has 0 saturated carbocycles. The average Bonchev–Trinajstić information content (AvgIpc) is 2.90. The molecule has 0 atom stereocenters. The highest BCUT2D eigenvalue weighted by molar-refractivity contribution is 7.12. The molecule has 1 aromatic carbocycles. The first-order valence-corrected chi connectivity index (χ1v) is 8.71. The van der Waals surface area contributed by atoms with Gasteiger partial charge in [-0.15, -0.1) is 11.3 Å². The third kappa shape index (κ3) is 4.06. The SMILES string of the molecule is Cc1cc(C(=O)CCC(=O)Nc2ccc3c(c2)NC(=O)CO3)c(C)s1. The van der Waals surface area contributed by atoms with Crippen LogP contribution in [0.5, 0.6) is 5.75 Å². The molecule has 0 saturated heterocycles. The topological polar surface area (TPSA) is 84.5 Å². The monoisotopic (exact) mass is 358 g/mol. The summed E-state index contributed by atoms with van der Waals surface area (Å²) in [7, 11) is 0. The van der Waals surface area contributed by atoms with Gasteiger partial charge in [-0.2, -0.15) is 0 Å². The minimum Gasteiger partial charge on any atom is -0.482 e. The Morgan fingerprint density at radius 3 is 2.76 bits per heavy atom.